The van der Waals surface area contributed by atoms with E-state index in [2.05, 4.69) is 10.3 Å². The van der Waals surface area contributed by atoms with Gasteiger partial charge < -0.3 is 10.3 Å². The number of nitriles is 1. The van der Waals surface area contributed by atoms with Gasteiger partial charge >= 0.3 is 0 Å². The molecule has 0 atom stereocenters. The number of nitrogens with one attached hydrogen (secondary N) is 2. The molecule has 0 spiro atoms. The van der Waals surface area contributed by atoms with E-state index >= 15 is 0 Å². The number of fused-ring (bicyclic) bond motifs is 1. The zero-order chi connectivity index (χ0) is 12.3. The summed E-state index contributed by atoms with van der Waals surface area (Å²) in [6, 6.07) is 7.34. The van der Waals surface area contributed by atoms with Crippen molar-refractivity contribution >= 4 is 28.4 Å². The molecule has 1 aromatic heterocycles. The third kappa shape index (κ3) is 2.58. The zero-order valence-corrected chi connectivity index (χ0v) is 9.71. The van der Waals surface area contributed by atoms with Crippen LogP contribution in [-0.2, 0) is 11.2 Å². The summed E-state index contributed by atoms with van der Waals surface area (Å²) in [5, 5.41) is 12.5. The van der Waals surface area contributed by atoms with E-state index in [1.807, 2.05) is 18.2 Å². The predicted molar refractivity (Wildman–Crippen MR) is 65.6 cm³/mol. The molecule has 0 bridgehead atoms. The first-order valence-electron chi connectivity index (χ1n) is 5.10. The average molecular weight is 248 g/mol. The molecule has 4 nitrogen and oxygen atoms in total. The number of carbonyl (C=O) groups is 1. The SMILES string of the molecule is N#CCNC(=O)Cc1c[nH]c2cc(Cl)ccc12. The number of amides is 1. The fourth-order valence-corrected chi connectivity index (χ4v) is 1.85. The van der Waals surface area contributed by atoms with Gasteiger partial charge in [0, 0.05) is 22.1 Å². The van der Waals surface area contributed by atoms with Gasteiger partial charge in [0.05, 0.1) is 12.5 Å². The van der Waals surface area contributed by atoms with Gasteiger partial charge in [-0.05, 0) is 17.7 Å². The van der Waals surface area contributed by atoms with Crippen LogP contribution >= 0.6 is 11.6 Å². The number of aromatic amines is 1. The van der Waals surface area contributed by atoms with Crippen LogP contribution in [0.3, 0.4) is 0 Å². The summed E-state index contributed by atoms with van der Waals surface area (Å²) in [5.41, 5.74) is 1.80. The quantitative estimate of drug-likeness (QED) is 0.815. The summed E-state index contributed by atoms with van der Waals surface area (Å²) in [6.07, 6.45) is 2.04. The van der Waals surface area contributed by atoms with Crippen LogP contribution in [0.25, 0.3) is 10.9 Å². The molecular weight excluding hydrogens is 238 g/mol. The monoisotopic (exact) mass is 247 g/mol. The Morgan fingerprint density at radius 1 is 1.53 bits per heavy atom. The lowest BCUT2D eigenvalue weighted by Gasteiger charge is -2.00. The number of hydrogen-bond acceptors (Lipinski definition) is 2. The van der Waals surface area contributed by atoms with Crippen LogP contribution < -0.4 is 5.32 Å². The van der Waals surface area contributed by atoms with Gasteiger partial charge in [0.15, 0.2) is 0 Å². The Morgan fingerprint density at radius 3 is 3.12 bits per heavy atom. The van der Waals surface area contributed by atoms with Crippen LogP contribution in [0.4, 0.5) is 0 Å². The molecule has 1 aromatic carbocycles. The predicted octanol–water partition coefficient (Wildman–Crippen LogP) is 2.00. The lowest BCUT2D eigenvalue weighted by Crippen LogP contribution is -2.25. The number of rotatable bonds is 3. The average Bonchev–Trinajstić information content (AvgIpc) is 2.69. The smallest absolute Gasteiger partial charge is 0.225 e. The first-order chi connectivity index (χ1) is 8.20. The van der Waals surface area contributed by atoms with Gasteiger partial charge in [-0.15, -0.1) is 0 Å². The Kier molecular flexibility index (Phi) is 3.31. The lowest BCUT2D eigenvalue weighted by molar-refractivity contribution is -0.120. The molecule has 0 radical (unpaired) electrons. The Hall–Kier alpha value is -1.99. The van der Waals surface area contributed by atoms with Gasteiger partial charge in [0.1, 0.15) is 6.54 Å². The van der Waals surface area contributed by atoms with Gasteiger partial charge in [-0.1, -0.05) is 17.7 Å². The van der Waals surface area contributed by atoms with E-state index in [9.17, 15) is 4.79 Å². The Morgan fingerprint density at radius 2 is 2.35 bits per heavy atom. The van der Waals surface area contributed by atoms with E-state index in [0.29, 0.717) is 5.02 Å². The van der Waals surface area contributed by atoms with Crippen molar-refractivity contribution in [2.75, 3.05) is 6.54 Å². The molecule has 17 heavy (non-hydrogen) atoms. The maximum absolute atomic E-state index is 11.5. The fraction of sp³-hybridized carbons (Fsp3) is 0.167. The Labute approximate surface area is 103 Å². The maximum Gasteiger partial charge on any atom is 0.225 e. The number of halogens is 1. The van der Waals surface area contributed by atoms with Crippen molar-refractivity contribution in [1.82, 2.24) is 10.3 Å². The lowest BCUT2D eigenvalue weighted by atomic mass is 10.1. The standard InChI is InChI=1S/C12H10ClN3O/c13-9-1-2-10-8(7-16-11(10)6-9)5-12(17)15-4-3-14/h1-2,6-7,16H,4-5H2,(H,15,17). The molecule has 5 heteroatoms. The first-order valence-corrected chi connectivity index (χ1v) is 5.47. The van der Waals surface area contributed by atoms with E-state index in [0.717, 1.165) is 16.5 Å². The third-order valence-electron chi connectivity index (χ3n) is 2.45. The molecule has 0 saturated carbocycles. The Bertz CT molecular complexity index is 597. The summed E-state index contributed by atoms with van der Waals surface area (Å²) in [4.78, 5) is 14.5. The number of aromatic nitrogens is 1. The number of H-pyrrole nitrogens is 1. The molecule has 0 fully saturated rings. The normalized spacial score (nSPS) is 10.1. The van der Waals surface area contributed by atoms with Crippen molar-refractivity contribution < 1.29 is 4.79 Å². The number of carbonyl (C=O) groups excluding carboxylic acids is 1. The van der Waals surface area contributed by atoms with Gasteiger partial charge in [-0.3, -0.25) is 4.79 Å². The van der Waals surface area contributed by atoms with Crippen molar-refractivity contribution in [3.05, 3.63) is 35.0 Å². The summed E-state index contributed by atoms with van der Waals surface area (Å²) >= 11 is 5.87. The summed E-state index contributed by atoms with van der Waals surface area (Å²) < 4.78 is 0. The maximum atomic E-state index is 11.5. The summed E-state index contributed by atoms with van der Waals surface area (Å²) in [5.74, 6) is -0.164. The van der Waals surface area contributed by atoms with E-state index in [1.54, 1.807) is 12.3 Å². The highest BCUT2D eigenvalue weighted by atomic mass is 35.5. The second-order valence-corrected chi connectivity index (χ2v) is 4.05. The highest BCUT2D eigenvalue weighted by Gasteiger charge is 2.08. The minimum atomic E-state index is -0.164. The van der Waals surface area contributed by atoms with E-state index in [1.165, 1.54) is 0 Å². The van der Waals surface area contributed by atoms with Crippen LogP contribution in [-0.4, -0.2) is 17.4 Å². The van der Waals surface area contributed by atoms with Crippen LogP contribution in [0, 0.1) is 11.3 Å². The summed E-state index contributed by atoms with van der Waals surface area (Å²) in [6.45, 7) is 0.0347. The summed E-state index contributed by atoms with van der Waals surface area (Å²) in [7, 11) is 0. The van der Waals surface area contributed by atoms with E-state index in [4.69, 9.17) is 16.9 Å². The molecule has 0 saturated heterocycles. The van der Waals surface area contributed by atoms with Gasteiger partial charge in [-0.2, -0.15) is 5.26 Å². The highest BCUT2D eigenvalue weighted by molar-refractivity contribution is 6.31. The van der Waals surface area contributed by atoms with E-state index in [-0.39, 0.29) is 18.9 Å². The molecule has 0 unspecified atom stereocenters. The van der Waals surface area contributed by atoms with Gasteiger partial charge in [0.25, 0.3) is 0 Å². The van der Waals surface area contributed by atoms with Gasteiger partial charge in [-0.25, -0.2) is 0 Å². The van der Waals surface area contributed by atoms with Crippen molar-refractivity contribution in [3.8, 4) is 6.07 Å². The molecule has 2 rings (SSSR count). The first kappa shape index (κ1) is 11.5. The molecule has 0 aliphatic carbocycles. The van der Waals surface area contributed by atoms with Crippen molar-refractivity contribution in [3.63, 3.8) is 0 Å². The van der Waals surface area contributed by atoms with Crippen LogP contribution in [0.2, 0.25) is 5.02 Å². The Balaban J connectivity index is 2.20. The second kappa shape index (κ2) is 4.89. The topological polar surface area (TPSA) is 68.7 Å². The number of benzene rings is 1. The van der Waals surface area contributed by atoms with Crippen molar-refractivity contribution in [2.24, 2.45) is 0 Å². The number of hydrogen-bond donors (Lipinski definition) is 2. The second-order valence-electron chi connectivity index (χ2n) is 3.62. The molecule has 86 valence electrons. The molecule has 0 aliphatic heterocycles. The minimum Gasteiger partial charge on any atom is -0.361 e. The van der Waals surface area contributed by atoms with Crippen LogP contribution in [0.5, 0.6) is 0 Å². The zero-order valence-electron chi connectivity index (χ0n) is 8.96. The molecule has 2 N–H and O–H groups in total. The van der Waals surface area contributed by atoms with Crippen molar-refractivity contribution in [1.29, 1.82) is 5.26 Å². The van der Waals surface area contributed by atoms with Gasteiger partial charge in [0.2, 0.25) is 5.91 Å². The fourth-order valence-electron chi connectivity index (χ4n) is 1.68. The molecule has 0 aliphatic rings. The third-order valence-corrected chi connectivity index (χ3v) is 2.68. The minimum absolute atomic E-state index is 0.0347. The number of nitrogens with zero attached hydrogens (tertiary/aromatic N) is 1. The largest absolute Gasteiger partial charge is 0.361 e. The van der Waals surface area contributed by atoms with Crippen LogP contribution in [0.1, 0.15) is 5.56 Å². The van der Waals surface area contributed by atoms with Crippen LogP contribution in [0.15, 0.2) is 24.4 Å². The molecule has 2 aromatic rings. The van der Waals surface area contributed by atoms with E-state index < -0.39 is 0 Å². The molecule has 1 amide bonds. The molecule has 1 heterocycles. The van der Waals surface area contributed by atoms with Crippen molar-refractivity contribution in [2.45, 2.75) is 6.42 Å². The highest BCUT2D eigenvalue weighted by Crippen LogP contribution is 2.22. The molecular formula is C12H10ClN3O.